The monoisotopic (exact) mass is 473 g/mol. The van der Waals surface area contributed by atoms with Gasteiger partial charge in [0.25, 0.3) is 11.8 Å². The van der Waals surface area contributed by atoms with E-state index in [0.717, 1.165) is 24.0 Å². The number of nitrogens with two attached hydrogens (primary N) is 1. The fourth-order valence-corrected chi connectivity index (χ4v) is 4.72. The van der Waals surface area contributed by atoms with Gasteiger partial charge in [-0.25, -0.2) is 4.68 Å². The molecule has 2 saturated heterocycles. The summed E-state index contributed by atoms with van der Waals surface area (Å²) < 4.78 is 1.65. The number of aliphatic hydroxyl groups is 2. The predicted molar refractivity (Wildman–Crippen MR) is 130 cm³/mol. The molecule has 0 radical (unpaired) electrons. The second kappa shape index (κ2) is 8.82. The third kappa shape index (κ3) is 4.39. The number of amides is 2. The SMILES string of the molecule is CN1CC[C@@](O)(C#Cc2cccc(-n3nc(C(N)=O)c4cc(CN5CC[C@@H](O)C5)ccc43)c2)C1=O. The number of β-amino-alcohol motifs (C(OH)–C–C–N with tert-alkyl or cyclic N) is 1. The smallest absolute Gasteiger partial charge is 0.269 e. The van der Waals surface area contributed by atoms with Crippen molar-refractivity contribution in [2.75, 3.05) is 26.7 Å². The van der Waals surface area contributed by atoms with E-state index in [4.69, 9.17) is 5.73 Å². The van der Waals surface area contributed by atoms with E-state index in [1.165, 1.54) is 4.90 Å². The minimum Gasteiger partial charge on any atom is -0.392 e. The Bertz CT molecular complexity index is 1390. The van der Waals surface area contributed by atoms with Crippen molar-refractivity contribution in [3.05, 3.63) is 59.3 Å². The Kier molecular flexibility index (Phi) is 5.81. The van der Waals surface area contributed by atoms with E-state index in [-0.39, 0.29) is 18.2 Å². The Morgan fingerprint density at radius 2 is 2.09 bits per heavy atom. The van der Waals surface area contributed by atoms with Crippen LogP contribution < -0.4 is 5.73 Å². The Morgan fingerprint density at radius 3 is 2.77 bits per heavy atom. The standard InChI is InChI=1S/C26H27N5O4/c1-29-12-10-26(35,25(29)34)9-7-17-3-2-4-19(13-17)31-22-6-5-18(15-30-11-8-20(32)16-30)14-21(22)23(28-31)24(27)33/h2-6,13-14,20,32,35H,8,10-12,15-16H2,1H3,(H2,27,33)/t20-,26+/m1/s1. The Balaban J connectivity index is 1.49. The molecule has 0 aliphatic carbocycles. The summed E-state index contributed by atoms with van der Waals surface area (Å²) in [5.74, 6) is 4.62. The molecule has 0 unspecified atom stereocenters. The van der Waals surface area contributed by atoms with E-state index in [1.807, 2.05) is 24.3 Å². The topological polar surface area (TPSA) is 125 Å². The summed E-state index contributed by atoms with van der Waals surface area (Å²) in [5.41, 5.74) is 7.15. The molecule has 9 heteroatoms. The molecule has 2 atom stereocenters. The molecule has 3 heterocycles. The van der Waals surface area contributed by atoms with E-state index >= 15 is 0 Å². The first-order valence-electron chi connectivity index (χ1n) is 11.6. The number of benzene rings is 2. The van der Waals surface area contributed by atoms with Gasteiger partial charge in [-0.2, -0.15) is 5.10 Å². The summed E-state index contributed by atoms with van der Waals surface area (Å²) in [4.78, 5) is 28.0. The zero-order chi connectivity index (χ0) is 24.7. The summed E-state index contributed by atoms with van der Waals surface area (Å²) in [6.45, 7) is 2.58. The van der Waals surface area contributed by atoms with Gasteiger partial charge in [-0.15, -0.1) is 0 Å². The van der Waals surface area contributed by atoms with Crippen LogP contribution in [0.3, 0.4) is 0 Å². The van der Waals surface area contributed by atoms with Gasteiger partial charge in [0.15, 0.2) is 5.69 Å². The molecule has 0 spiro atoms. The van der Waals surface area contributed by atoms with Crippen molar-refractivity contribution in [3.8, 4) is 17.5 Å². The van der Waals surface area contributed by atoms with Crippen LogP contribution in [0.5, 0.6) is 0 Å². The van der Waals surface area contributed by atoms with Crippen LogP contribution in [0.1, 0.15) is 34.5 Å². The van der Waals surface area contributed by atoms with Gasteiger partial charge in [0.1, 0.15) is 0 Å². The van der Waals surface area contributed by atoms with Crippen LogP contribution in [-0.4, -0.2) is 80.0 Å². The number of carbonyl (C=O) groups is 2. The van der Waals surface area contributed by atoms with Crippen LogP contribution in [0, 0.1) is 11.8 Å². The normalized spacial score (nSPS) is 22.5. The lowest BCUT2D eigenvalue weighted by Gasteiger charge is -2.15. The van der Waals surface area contributed by atoms with Crippen molar-refractivity contribution in [2.45, 2.75) is 31.1 Å². The minimum absolute atomic E-state index is 0.175. The Hall–Kier alpha value is -3.71. The molecular weight excluding hydrogens is 446 g/mol. The summed E-state index contributed by atoms with van der Waals surface area (Å²) in [7, 11) is 1.64. The zero-order valence-corrected chi connectivity index (χ0v) is 19.4. The highest BCUT2D eigenvalue weighted by Crippen LogP contribution is 2.26. The van der Waals surface area contributed by atoms with Crippen molar-refractivity contribution in [3.63, 3.8) is 0 Å². The maximum absolute atomic E-state index is 12.2. The molecular formula is C26H27N5O4. The van der Waals surface area contributed by atoms with E-state index < -0.39 is 17.4 Å². The maximum atomic E-state index is 12.2. The van der Waals surface area contributed by atoms with Gasteiger partial charge in [0, 0.05) is 50.6 Å². The number of fused-ring (bicyclic) bond motifs is 1. The van der Waals surface area contributed by atoms with Crippen molar-refractivity contribution in [1.29, 1.82) is 0 Å². The number of hydrogen-bond acceptors (Lipinski definition) is 6. The predicted octanol–water partition coefficient (Wildman–Crippen LogP) is 0.636. The minimum atomic E-state index is -1.68. The van der Waals surface area contributed by atoms with Gasteiger partial charge in [-0.3, -0.25) is 14.5 Å². The molecule has 9 nitrogen and oxygen atoms in total. The summed E-state index contributed by atoms with van der Waals surface area (Å²) in [5, 5.41) is 25.5. The van der Waals surface area contributed by atoms with Crippen LogP contribution in [0.4, 0.5) is 0 Å². The number of hydrogen-bond donors (Lipinski definition) is 3. The Labute approximate surface area is 202 Å². The van der Waals surface area contributed by atoms with Crippen molar-refractivity contribution >= 4 is 22.7 Å². The second-order valence-corrected chi connectivity index (χ2v) is 9.29. The molecule has 180 valence electrons. The molecule has 3 aromatic rings. The molecule has 2 fully saturated rings. The number of nitrogens with zero attached hydrogens (tertiary/aromatic N) is 4. The average molecular weight is 474 g/mol. The summed E-state index contributed by atoms with van der Waals surface area (Å²) >= 11 is 0. The van der Waals surface area contributed by atoms with Crippen molar-refractivity contribution < 1.29 is 19.8 Å². The first-order chi connectivity index (χ1) is 16.7. The lowest BCUT2D eigenvalue weighted by molar-refractivity contribution is -0.137. The van der Waals surface area contributed by atoms with Crippen molar-refractivity contribution in [2.24, 2.45) is 5.73 Å². The number of carbonyl (C=O) groups excluding carboxylic acids is 2. The fraction of sp³-hybridized carbons (Fsp3) is 0.346. The number of likely N-dealkylation sites (N-methyl/N-ethyl adjacent to an activating group) is 1. The zero-order valence-electron chi connectivity index (χ0n) is 19.4. The van der Waals surface area contributed by atoms with Gasteiger partial charge in [-0.1, -0.05) is 24.0 Å². The van der Waals surface area contributed by atoms with Crippen LogP contribution in [0.25, 0.3) is 16.6 Å². The largest absolute Gasteiger partial charge is 0.392 e. The van der Waals surface area contributed by atoms with Gasteiger partial charge in [0.05, 0.1) is 17.3 Å². The summed E-state index contributed by atoms with van der Waals surface area (Å²) in [6, 6.07) is 13.0. The maximum Gasteiger partial charge on any atom is 0.269 e. The van der Waals surface area contributed by atoms with Crippen LogP contribution >= 0.6 is 0 Å². The fourth-order valence-electron chi connectivity index (χ4n) is 4.72. The van der Waals surface area contributed by atoms with Gasteiger partial charge in [-0.05, 0) is 42.3 Å². The van der Waals surface area contributed by atoms with E-state index in [2.05, 4.69) is 21.8 Å². The Morgan fingerprint density at radius 1 is 1.26 bits per heavy atom. The molecule has 2 amide bonds. The average Bonchev–Trinajstić information content (AvgIpc) is 3.50. The third-order valence-corrected chi connectivity index (χ3v) is 6.65. The first kappa shape index (κ1) is 23.1. The molecule has 1 aromatic heterocycles. The van der Waals surface area contributed by atoms with Crippen molar-refractivity contribution in [1.82, 2.24) is 19.6 Å². The quantitative estimate of drug-likeness (QED) is 0.478. The molecule has 2 aliphatic rings. The first-order valence-corrected chi connectivity index (χ1v) is 11.6. The summed E-state index contributed by atoms with van der Waals surface area (Å²) in [6.07, 6.45) is 0.722. The number of aliphatic hydroxyl groups excluding tert-OH is 1. The lowest BCUT2D eigenvalue weighted by atomic mass is 10.0. The highest BCUT2D eigenvalue weighted by molar-refractivity contribution is 6.04. The number of primary amides is 1. The molecule has 35 heavy (non-hydrogen) atoms. The highest BCUT2D eigenvalue weighted by atomic mass is 16.3. The molecule has 2 aromatic carbocycles. The highest BCUT2D eigenvalue weighted by Gasteiger charge is 2.42. The molecule has 0 bridgehead atoms. The van der Waals surface area contributed by atoms with Gasteiger partial charge in [0.2, 0.25) is 5.60 Å². The van der Waals surface area contributed by atoms with Crippen LogP contribution in [0.15, 0.2) is 42.5 Å². The molecule has 5 rings (SSSR count). The van der Waals surface area contributed by atoms with E-state index in [0.29, 0.717) is 36.3 Å². The van der Waals surface area contributed by atoms with Gasteiger partial charge < -0.3 is 20.8 Å². The number of likely N-dealkylation sites (tertiary alicyclic amines) is 2. The van der Waals surface area contributed by atoms with Gasteiger partial charge >= 0.3 is 0 Å². The third-order valence-electron chi connectivity index (χ3n) is 6.65. The van der Waals surface area contributed by atoms with E-state index in [1.54, 1.807) is 29.9 Å². The number of rotatable bonds is 4. The molecule has 4 N–H and O–H groups in total. The molecule has 0 saturated carbocycles. The number of aromatic nitrogens is 2. The van der Waals surface area contributed by atoms with E-state index in [9.17, 15) is 19.8 Å². The lowest BCUT2D eigenvalue weighted by Crippen LogP contribution is -2.37. The molecule has 2 aliphatic heterocycles. The van der Waals surface area contributed by atoms with Crippen LogP contribution in [0.2, 0.25) is 0 Å². The second-order valence-electron chi connectivity index (χ2n) is 9.29. The van der Waals surface area contributed by atoms with Crippen LogP contribution in [-0.2, 0) is 11.3 Å².